The molecule has 1 amide bonds. The lowest BCUT2D eigenvalue weighted by atomic mass is 9.95. The lowest BCUT2D eigenvalue weighted by molar-refractivity contribution is -0.146. The fourth-order valence-corrected chi connectivity index (χ4v) is 3.93. The van der Waals surface area contributed by atoms with E-state index in [1.54, 1.807) is 13.2 Å². The highest BCUT2D eigenvalue weighted by atomic mass is 19.4. The maximum atomic E-state index is 13.1. The number of alkyl halides is 3. The number of amides is 1. The molecule has 0 saturated carbocycles. The highest BCUT2D eigenvalue weighted by molar-refractivity contribution is 5.79. The molecule has 8 nitrogen and oxygen atoms in total. The Labute approximate surface area is 182 Å². The fourth-order valence-electron chi connectivity index (χ4n) is 3.93. The number of anilines is 1. The van der Waals surface area contributed by atoms with Gasteiger partial charge in [-0.15, -0.1) is 15.3 Å². The van der Waals surface area contributed by atoms with Crippen LogP contribution in [0, 0.1) is 5.92 Å². The SMILES string of the molecule is COc1ccccc1C(C)NC(=O)C1CCN(c2ccc3nnc(C(F)(F)F)n3n2)CC1. The summed E-state index contributed by atoms with van der Waals surface area (Å²) in [5.41, 5.74) is 0.924. The molecule has 4 rings (SSSR count). The molecule has 0 radical (unpaired) electrons. The van der Waals surface area contributed by atoms with Crippen molar-refractivity contribution in [3.63, 3.8) is 0 Å². The number of hydrogen-bond donors (Lipinski definition) is 1. The van der Waals surface area contributed by atoms with Gasteiger partial charge >= 0.3 is 6.18 Å². The Kier molecular flexibility index (Phi) is 5.90. The van der Waals surface area contributed by atoms with Crippen LogP contribution in [0.15, 0.2) is 36.4 Å². The van der Waals surface area contributed by atoms with Crippen LogP contribution in [0.1, 0.15) is 37.2 Å². The van der Waals surface area contributed by atoms with E-state index < -0.39 is 12.0 Å². The Morgan fingerprint density at radius 3 is 2.56 bits per heavy atom. The Morgan fingerprint density at radius 1 is 1.16 bits per heavy atom. The van der Waals surface area contributed by atoms with E-state index in [0.29, 0.717) is 42.0 Å². The van der Waals surface area contributed by atoms with Crippen molar-refractivity contribution in [1.82, 2.24) is 25.1 Å². The molecule has 3 heterocycles. The number of rotatable bonds is 5. The van der Waals surface area contributed by atoms with Gasteiger partial charge in [-0.2, -0.15) is 17.7 Å². The van der Waals surface area contributed by atoms with Crippen molar-refractivity contribution in [2.24, 2.45) is 5.92 Å². The van der Waals surface area contributed by atoms with Crippen molar-refractivity contribution >= 4 is 17.4 Å². The molecule has 0 bridgehead atoms. The summed E-state index contributed by atoms with van der Waals surface area (Å²) in [6.07, 6.45) is -3.51. The van der Waals surface area contributed by atoms with Gasteiger partial charge in [0.1, 0.15) is 11.6 Å². The van der Waals surface area contributed by atoms with Crippen molar-refractivity contribution in [2.45, 2.75) is 32.0 Å². The maximum absolute atomic E-state index is 13.1. The van der Waals surface area contributed by atoms with E-state index in [-0.39, 0.29) is 23.5 Å². The Bertz CT molecular complexity index is 1110. The van der Waals surface area contributed by atoms with Crippen molar-refractivity contribution in [3.8, 4) is 5.75 Å². The van der Waals surface area contributed by atoms with E-state index >= 15 is 0 Å². The van der Waals surface area contributed by atoms with E-state index in [0.717, 1.165) is 5.56 Å². The summed E-state index contributed by atoms with van der Waals surface area (Å²) < 4.78 is 45.4. The number of nitrogens with one attached hydrogen (secondary N) is 1. The van der Waals surface area contributed by atoms with E-state index in [1.165, 1.54) is 6.07 Å². The maximum Gasteiger partial charge on any atom is 0.453 e. The van der Waals surface area contributed by atoms with Crippen LogP contribution in [0.4, 0.5) is 19.0 Å². The normalized spacial score (nSPS) is 16.2. The van der Waals surface area contributed by atoms with Gasteiger partial charge in [0.25, 0.3) is 5.82 Å². The number of nitrogens with zero attached hydrogens (tertiary/aromatic N) is 5. The van der Waals surface area contributed by atoms with E-state index in [4.69, 9.17) is 4.74 Å². The third-order valence-corrected chi connectivity index (χ3v) is 5.66. The standard InChI is InChI=1S/C21H23F3N6O2/c1-13(15-5-3-4-6-16(15)32-2)25-19(31)14-9-11-29(12-10-14)18-8-7-17-26-27-20(21(22,23)24)30(17)28-18/h3-8,13-14H,9-12H2,1-2H3,(H,25,31). The number of carbonyl (C=O) groups is 1. The van der Waals surface area contributed by atoms with Gasteiger partial charge in [0.05, 0.1) is 13.2 Å². The molecule has 1 unspecified atom stereocenters. The van der Waals surface area contributed by atoms with Crippen LogP contribution in [-0.2, 0) is 11.0 Å². The smallest absolute Gasteiger partial charge is 0.453 e. The van der Waals surface area contributed by atoms with Crippen LogP contribution >= 0.6 is 0 Å². The zero-order valence-corrected chi connectivity index (χ0v) is 17.6. The van der Waals surface area contributed by atoms with Gasteiger partial charge in [0.2, 0.25) is 5.91 Å². The summed E-state index contributed by atoms with van der Waals surface area (Å²) in [5, 5.41) is 13.8. The minimum Gasteiger partial charge on any atom is -0.496 e. The molecule has 1 aromatic carbocycles. The zero-order chi connectivity index (χ0) is 22.9. The molecule has 2 aromatic heterocycles. The topological polar surface area (TPSA) is 84.6 Å². The number of methoxy groups -OCH3 is 1. The van der Waals surface area contributed by atoms with Crippen molar-refractivity contribution in [1.29, 1.82) is 0 Å². The molecule has 3 aromatic rings. The van der Waals surface area contributed by atoms with Crippen LogP contribution in [0.5, 0.6) is 5.75 Å². The minimum atomic E-state index is -4.64. The van der Waals surface area contributed by atoms with Crippen molar-refractivity contribution in [3.05, 3.63) is 47.8 Å². The largest absolute Gasteiger partial charge is 0.496 e. The number of aromatic nitrogens is 4. The number of fused-ring (bicyclic) bond motifs is 1. The summed E-state index contributed by atoms with van der Waals surface area (Å²) in [6.45, 7) is 2.91. The quantitative estimate of drug-likeness (QED) is 0.645. The van der Waals surface area contributed by atoms with Crippen molar-refractivity contribution < 1.29 is 22.7 Å². The van der Waals surface area contributed by atoms with E-state index in [2.05, 4.69) is 20.6 Å². The highest BCUT2D eigenvalue weighted by Crippen LogP contribution is 2.29. The lowest BCUT2D eigenvalue weighted by Gasteiger charge is -2.32. The molecular formula is C21H23F3N6O2. The Morgan fingerprint density at radius 2 is 1.88 bits per heavy atom. The molecular weight excluding hydrogens is 425 g/mol. The summed E-state index contributed by atoms with van der Waals surface area (Å²) in [6, 6.07) is 10.4. The number of halogens is 3. The van der Waals surface area contributed by atoms with Gasteiger partial charge in [0.15, 0.2) is 5.65 Å². The molecule has 1 fully saturated rings. The monoisotopic (exact) mass is 448 g/mol. The first-order valence-corrected chi connectivity index (χ1v) is 10.3. The van der Waals surface area contributed by atoms with Crippen molar-refractivity contribution in [2.75, 3.05) is 25.1 Å². The van der Waals surface area contributed by atoms with Gasteiger partial charge in [-0.1, -0.05) is 18.2 Å². The first-order valence-electron chi connectivity index (χ1n) is 10.3. The molecule has 0 aliphatic carbocycles. The molecule has 1 atom stereocenters. The number of carbonyl (C=O) groups excluding carboxylic acids is 1. The predicted octanol–water partition coefficient (Wildman–Crippen LogP) is 3.25. The summed E-state index contributed by atoms with van der Waals surface area (Å²) in [5.74, 6) is -0.292. The second-order valence-electron chi connectivity index (χ2n) is 7.72. The number of piperidine rings is 1. The Balaban J connectivity index is 1.40. The van der Waals surface area contributed by atoms with Crippen LogP contribution < -0.4 is 15.0 Å². The van der Waals surface area contributed by atoms with Gasteiger partial charge in [-0.05, 0) is 38.0 Å². The first-order chi connectivity index (χ1) is 15.3. The fraction of sp³-hybridized carbons (Fsp3) is 0.429. The number of hydrogen-bond acceptors (Lipinski definition) is 6. The van der Waals surface area contributed by atoms with Crippen LogP contribution in [-0.4, -0.2) is 45.9 Å². The Hall–Kier alpha value is -3.37. The third kappa shape index (κ3) is 4.32. The molecule has 11 heteroatoms. The molecule has 1 aliphatic rings. The summed E-state index contributed by atoms with van der Waals surface area (Å²) in [4.78, 5) is 14.7. The average Bonchev–Trinajstić information content (AvgIpc) is 3.23. The van der Waals surface area contributed by atoms with Gasteiger partial charge < -0.3 is 15.0 Å². The highest BCUT2D eigenvalue weighted by Gasteiger charge is 2.38. The molecule has 1 aliphatic heterocycles. The van der Waals surface area contributed by atoms with Crippen LogP contribution in [0.3, 0.4) is 0 Å². The predicted molar refractivity (Wildman–Crippen MR) is 110 cm³/mol. The second kappa shape index (κ2) is 8.64. The molecule has 1 saturated heterocycles. The molecule has 1 N–H and O–H groups in total. The van der Waals surface area contributed by atoms with Gasteiger partial charge in [-0.3, -0.25) is 4.79 Å². The third-order valence-electron chi connectivity index (χ3n) is 5.66. The number of para-hydroxylation sites is 1. The first kappa shape index (κ1) is 21.8. The number of ether oxygens (including phenoxy) is 1. The molecule has 32 heavy (non-hydrogen) atoms. The van der Waals surface area contributed by atoms with Crippen LogP contribution in [0.25, 0.3) is 5.65 Å². The lowest BCUT2D eigenvalue weighted by Crippen LogP contribution is -2.41. The minimum absolute atomic E-state index is 0.0284. The molecule has 170 valence electrons. The van der Waals surface area contributed by atoms with Gasteiger partial charge in [0, 0.05) is 24.6 Å². The van der Waals surface area contributed by atoms with Gasteiger partial charge in [-0.25, -0.2) is 0 Å². The molecule has 0 spiro atoms. The summed E-state index contributed by atoms with van der Waals surface area (Å²) in [7, 11) is 1.59. The van der Waals surface area contributed by atoms with E-state index in [1.807, 2.05) is 36.1 Å². The number of benzene rings is 1. The van der Waals surface area contributed by atoms with Crippen LogP contribution in [0.2, 0.25) is 0 Å². The zero-order valence-electron chi connectivity index (χ0n) is 17.6. The second-order valence-corrected chi connectivity index (χ2v) is 7.72. The summed E-state index contributed by atoms with van der Waals surface area (Å²) >= 11 is 0. The van der Waals surface area contributed by atoms with E-state index in [9.17, 15) is 18.0 Å². The average molecular weight is 448 g/mol.